The van der Waals surface area contributed by atoms with Gasteiger partial charge < -0.3 is 10.1 Å². The second-order valence-corrected chi connectivity index (χ2v) is 7.58. The minimum absolute atomic E-state index is 0.0394. The van der Waals surface area contributed by atoms with Crippen molar-refractivity contribution in [1.82, 2.24) is 9.78 Å². The third-order valence-electron chi connectivity index (χ3n) is 5.40. The molecule has 0 saturated heterocycles. The van der Waals surface area contributed by atoms with Crippen LogP contribution in [0.5, 0.6) is 5.75 Å². The van der Waals surface area contributed by atoms with Crippen molar-refractivity contribution in [3.63, 3.8) is 0 Å². The van der Waals surface area contributed by atoms with Gasteiger partial charge in [0.15, 0.2) is 0 Å². The Morgan fingerprint density at radius 2 is 1.67 bits per heavy atom. The summed E-state index contributed by atoms with van der Waals surface area (Å²) in [5.41, 5.74) is 5.05. The first kappa shape index (κ1) is 21.8. The van der Waals surface area contributed by atoms with Gasteiger partial charge in [0.2, 0.25) is 0 Å². The number of ether oxygens (including phenoxy) is 1. The largest absolute Gasteiger partial charge is 0.497 e. The van der Waals surface area contributed by atoms with E-state index in [2.05, 4.69) is 10.4 Å². The third-order valence-corrected chi connectivity index (χ3v) is 5.40. The minimum atomic E-state index is -0.469. The maximum atomic E-state index is 13.2. The molecule has 0 unspecified atom stereocenters. The highest BCUT2D eigenvalue weighted by atomic mass is 16.6. The van der Waals surface area contributed by atoms with Crippen LogP contribution in [0.25, 0.3) is 16.9 Å². The molecule has 0 aliphatic heterocycles. The third kappa shape index (κ3) is 4.59. The standard InChI is InChI=1S/C25H22N4O4/c1-16-4-7-19(14-17(16)2)26-25(30)24-15-23(18-5-12-22(33-3)13-6-18)27-28(24)20-8-10-21(11-9-20)29(31)32/h4-15H,1-3H3,(H,26,30). The van der Waals surface area contributed by atoms with Gasteiger partial charge in [-0.25, -0.2) is 4.68 Å². The number of carbonyl (C=O) groups excluding carboxylic acids is 1. The number of nitro benzene ring substituents is 1. The number of hydrogen-bond donors (Lipinski definition) is 1. The molecule has 0 bridgehead atoms. The van der Waals surface area contributed by atoms with Crippen molar-refractivity contribution >= 4 is 17.3 Å². The zero-order valence-electron chi connectivity index (χ0n) is 18.4. The van der Waals surface area contributed by atoms with E-state index in [1.807, 2.05) is 56.3 Å². The summed E-state index contributed by atoms with van der Waals surface area (Å²) in [4.78, 5) is 23.8. The van der Waals surface area contributed by atoms with Crippen molar-refractivity contribution < 1.29 is 14.5 Å². The fraction of sp³-hybridized carbons (Fsp3) is 0.120. The van der Waals surface area contributed by atoms with Gasteiger partial charge >= 0.3 is 0 Å². The first-order valence-electron chi connectivity index (χ1n) is 10.2. The number of nitrogens with one attached hydrogen (secondary N) is 1. The smallest absolute Gasteiger partial charge is 0.274 e. The summed E-state index contributed by atoms with van der Waals surface area (Å²) >= 11 is 0. The van der Waals surface area contributed by atoms with Gasteiger partial charge in [0.1, 0.15) is 11.4 Å². The van der Waals surface area contributed by atoms with Crippen molar-refractivity contribution in [3.05, 3.63) is 99.7 Å². The highest BCUT2D eigenvalue weighted by Crippen LogP contribution is 2.26. The molecule has 33 heavy (non-hydrogen) atoms. The Bertz CT molecular complexity index is 1330. The van der Waals surface area contributed by atoms with Gasteiger partial charge in [0.25, 0.3) is 11.6 Å². The Kier molecular flexibility index (Phi) is 5.91. The fourth-order valence-electron chi connectivity index (χ4n) is 3.37. The molecule has 8 heteroatoms. The number of non-ortho nitro benzene ring substituents is 1. The first-order valence-corrected chi connectivity index (χ1v) is 10.2. The number of benzene rings is 3. The summed E-state index contributed by atoms with van der Waals surface area (Å²) in [6.45, 7) is 3.99. The van der Waals surface area contributed by atoms with Gasteiger partial charge in [-0.3, -0.25) is 14.9 Å². The molecule has 3 aromatic carbocycles. The minimum Gasteiger partial charge on any atom is -0.497 e. The monoisotopic (exact) mass is 442 g/mol. The number of methoxy groups -OCH3 is 1. The molecule has 0 saturated carbocycles. The molecule has 4 aromatic rings. The molecular weight excluding hydrogens is 420 g/mol. The van der Waals surface area contributed by atoms with E-state index in [9.17, 15) is 14.9 Å². The van der Waals surface area contributed by atoms with Gasteiger partial charge in [-0.15, -0.1) is 0 Å². The Morgan fingerprint density at radius 3 is 2.27 bits per heavy atom. The van der Waals surface area contributed by atoms with Crippen molar-refractivity contribution in [1.29, 1.82) is 0 Å². The van der Waals surface area contributed by atoms with Gasteiger partial charge in [-0.2, -0.15) is 5.10 Å². The lowest BCUT2D eigenvalue weighted by molar-refractivity contribution is -0.384. The molecule has 0 aliphatic carbocycles. The zero-order valence-corrected chi connectivity index (χ0v) is 18.4. The summed E-state index contributed by atoms with van der Waals surface area (Å²) in [7, 11) is 1.59. The zero-order chi connectivity index (χ0) is 23.5. The van der Waals surface area contributed by atoms with Crippen LogP contribution in [-0.4, -0.2) is 27.7 Å². The van der Waals surface area contributed by atoms with Crippen LogP contribution in [0.4, 0.5) is 11.4 Å². The molecule has 0 aliphatic rings. The molecule has 0 fully saturated rings. The molecule has 1 heterocycles. The van der Waals surface area contributed by atoms with E-state index in [0.717, 1.165) is 16.7 Å². The Balaban J connectivity index is 1.75. The number of nitro groups is 1. The highest BCUT2D eigenvalue weighted by Gasteiger charge is 2.19. The Morgan fingerprint density at radius 1 is 0.970 bits per heavy atom. The quantitative estimate of drug-likeness (QED) is 0.322. The molecule has 4 rings (SSSR count). The Hall–Kier alpha value is -4.46. The molecule has 0 spiro atoms. The Labute approximate surface area is 190 Å². The van der Waals surface area contributed by atoms with Crippen molar-refractivity contribution in [2.24, 2.45) is 0 Å². The molecule has 1 N–H and O–H groups in total. The van der Waals surface area contributed by atoms with E-state index in [4.69, 9.17) is 4.74 Å². The molecule has 166 valence electrons. The number of nitrogens with zero attached hydrogens (tertiary/aromatic N) is 3. The number of hydrogen-bond acceptors (Lipinski definition) is 5. The second kappa shape index (κ2) is 8.96. The maximum absolute atomic E-state index is 13.2. The average Bonchev–Trinajstić information content (AvgIpc) is 3.27. The number of rotatable bonds is 6. The number of amides is 1. The summed E-state index contributed by atoms with van der Waals surface area (Å²) in [6, 6.07) is 20.6. The van der Waals surface area contributed by atoms with E-state index in [-0.39, 0.29) is 11.6 Å². The lowest BCUT2D eigenvalue weighted by Gasteiger charge is -2.10. The van der Waals surface area contributed by atoms with E-state index in [0.29, 0.717) is 28.5 Å². The molecule has 1 amide bonds. The second-order valence-electron chi connectivity index (χ2n) is 7.58. The fourth-order valence-corrected chi connectivity index (χ4v) is 3.37. The SMILES string of the molecule is COc1ccc(-c2cc(C(=O)Nc3ccc(C)c(C)c3)n(-c3ccc([N+](=O)[O-])cc3)n2)cc1. The van der Waals surface area contributed by atoms with Gasteiger partial charge in [0.05, 0.1) is 23.4 Å². The van der Waals surface area contributed by atoms with Crippen LogP contribution in [-0.2, 0) is 0 Å². The van der Waals surface area contributed by atoms with Crippen LogP contribution in [0.15, 0.2) is 72.8 Å². The van der Waals surface area contributed by atoms with Crippen molar-refractivity contribution in [2.45, 2.75) is 13.8 Å². The molecular formula is C25H22N4O4. The van der Waals surface area contributed by atoms with E-state index < -0.39 is 4.92 Å². The number of carbonyl (C=O) groups is 1. The van der Waals surface area contributed by atoms with E-state index >= 15 is 0 Å². The number of anilines is 1. The summed E-state index contributed by atoms with van der Waals surface area (Å²) in [5.74, 6) is 0.366. The molecule has 1 aromatic heterocycles. The van der Waals surface area contributed by atoms with Crippen LogP contribution < -0.4 is 10.1 Å². The summed E-state index contributed by atoms with van der Waals surface area (Å²) in [5, 5.41) is 18.6. The number of aryl methyl sites for hydroxylation is 2. The van der Waals surface area contributed by atoms with Crippen LogP contribution in [0.1, 0.15) is 21.6 Å². The first-order chi connectivity index (χ1) is 15.9. The summed E-state index contributed by atoms with van der Waals surface area (Å²) < 4.78 is 6.70. The van der Waals surface area contributed by atoms with E-state index in [1.54, 1.807) is 25.3 Å². The average molecular weight is 442 g/mol. The number of aromatic nitrogens is 2. The highest BCUT2D eigenvalue weighted by molar-refractivity contribution is 6.04. The van der Waals surface area contributed by atoms with Crippen LogP contribution >= 0.6 is 0 Å². The van der Waals surface area contributed by atoms with Crippen molar-refractivity contribution in [3.8, 4) is 22.7 Å². The van der Waals surface area contributed by atoms with Crippen LogP contribution in [0.2, 0.25) is 0 Å². The predicted molar refractivity (Wildman–Crippen MR) is 126 cm³/mol. The van der Waals surface area contributed by atoms with Gasteiger partial charge in [-0.05, 0) is 79.6 Å². The summed E-state index contributed by atoms with van der Waals surface area (Å²) in [6.07, 6.45) is 0. The molecule has 0 radical (unpaired) electrons. The van der Waals surface area contributed by atoms with Gasteiger partial charge in [0, 0.05) is 23.4 Å². The van der Waals surface area contributed by atoms with Gasteiger partial charge in [-0.1, -0.05) is 6.07 Å². The van der Waals surface area contributed by atoms with Crippen LogP contribution in [0.3, 0.4) is 0 Å². The van der Waals surface area contributed by atoms with Crippen molar-refractivity contribution in [2.75, 3.05) is 12.4 Å². The molecule has 8 nitrogen and oxygen atoms in total. The molecule has 0 atom stereocenters. The lowest BCUT2D eigenvalue weighted by atomic mass is 10.1. The van der Waals surface area contributed by atoms with E-state index in [1.165, 1.54) is 16.8 Å². The topological polar surface area (TPSA) is 99.3 Å². The maximum Gasteiger partial charge on any atom is 0.274 e. The van der Waals surface area contributed by atoms with Crippen LogP contribution in [0, 0.1) is 24.0 Å². The predicted octanol–water partition coefficient (Wildman–Crippen LogP) is 5.33. The lowest BCUT2D eigenvalue weighted by Crippen LogP contribution is -2.17. The normalized spacial score (nSPS) is 10.6.